The van der Waals surface area contributed by atoms with Crippen LogP contribution in [0, 0.1) is 18.7 Å². The summed E-state index contributed by atoms with van der Waals surface area (Å²) >= 11 is 0. The Kier molecular flexibility index (Phi) is 6.32. The minimum Gasteiger partial charge on any atom is -0.479 e. The quantitative estimate of drug-likeness (QED) is 0.704. The first-order chi connectivity index (χ1) is 12.6. The van der Waals surface area contributed by atoms with Crippen LogP contribution in [0.15, 0.2) is 53.4 Å². The third-order valence-corrected chi connectivity index (χ3v) is 5.93. The van der Waals surface area contributed by atoms with Gasteiger partial charge >= 0.3 is 5.97 Å². The van der Waals surface area contributed by atoms with E-state index in [1.807, 2.05) is 0 Å². The van der Waals surface area contributed by atoms with Crippen molar-refractivity contribution in [2.45, 2.75) is 24.8 Å². The summed E-state index contributed by atoms with van der Waals surface area (Å²) in [5.41, 5.74) is 1.23. The van der Waals surface area contributed by atoms with Gasteiger partial charge in [-0.3, -0.25) is 4.79 Å². The molecule has 0 saturated heterocycles. The molecule has 0 radical (unpaired) electrons. The molecule has 0 spiro atoms. The van der Waals surface area contributed by atoms with Crippen LogP contribution in [0.4, 0.5) is 4.39 Å². The number of carboxylic acids is 1. The van der Waals surface area contributed by atoms with E-state index < -0.39 is 45.2 Å². The minimum absolute atomic E-state index is 0.1000. The van der Waals surface area contributed by atoms with Crippen LogP contribution in [-0.4, -0.2) is 31.2 Å². The van der Waals surface area contributed by atoms with Crippen LogP contribution in [0.5, 0.6) is 0 Å². The molecule has 27 heavy (non-hydrogen) atoms. The molecule has 2 atom stereocenters. The molecule has 1 amide bonds. The molecule has 6 nitrogen and oxygen atoms in total. The van der Waals surface area contributed by atoms with E-state index in [9.17, 15) is 27.5 Å². The van der Waals surface area contributed by atoms with Gasteiger partial charge in [0.2, 0.25) is 5.91 Å². The van der Waals surface area contributed by atoms with Crippen LogP contribution in [0.3, 0.4) is 0 Å². The maximum atomic E-state index is 13.0. The average Bonchev–Trinajstić information content (AvgIpc) is 2.59. The highest BCUT2D eigenvalue weighted by Gasteiger charge is 2.28. The Morgan fingerprint density at radius 3 is 2.33 bits per heavy atom. The number of halogens is 1. The molecule has 0 fully saturated rings. The molecule has 144 valence electrons. The first kappa shape index (κ1) is 20.6. The van der Waals surface area contributed by atoms with Crippen molar-refractivity contribution in [1.82, 2.24) is 5.32 Å². The number of benzene rings is 2. The van der Waals surface area contributed by atoms with E-state index in [2.05, 4.69) is 5.32 Å². The first-order valence-electron chi connectivity index (χ1n) is 8.18. The molecule has 0 aromatic heterocycles. The number of sulfone groups is 1. The lowest BCUT2D eigenvalue weighted by Gasteiger charge is -2.18. The number of nitrogens with one attached hydrogen (secondary N) is 1. The van der Waals surface area contributed by atoms with Gasteiger partial charge in [0.15, 0.2) is 15.9 Å². The van der Waals surface area contributed by atoms with Gasteiger partial charge in [0, 0.05) is 5.92 Å². The molecule has 0 saturated carbocycles. The summed E-state index contributed by atoms with van der Waals surface area (Å²) in [6, 6.07) is 9.70. The summed E-state index contributed by atoms with van der Waals surface area (Å²) < 4.78 is 37.7. The Morgan fingerprint density at radius 1 is 1.15 bits per heavy atom. The second-order valence-corrected chi connectivity index (χ2v) is 8.36. The van der Waals surface area contributed by atoms with Gasteiger partial charge in [0.05, 0.1) is 10.6 Å². The molecule has 2 aromatic carbocycles. The van der Waals surface area contributed by atoms with E-state index in [1.54, 1.807) is 31.2 Å². The average molecular weight is 393 g/mol. The lowest BCUT2D eigenvalue weighted by Crippen LogP contribution is -2.39. The fraction of sp³-hybridized carbons (Fsp3) is 0.263. The fourth-order valence-electron chi connectivity index (χ4n) is 2.56. The molecule has 0 aliphatic rings. The van der Waals surface area contributed by atoms with Crippen LogP contribution in [0.1, 0.15) is 24.1 Å². The van der Waals surface area contributed by atoms with E-state index >= 15 is 0 Å². The zero-order valence-corrected chi connectivity index (χ0v) is 15.7. The normalized spacial score (nSPS) is 13.6. The summed E-state index contributed by atoms with van der Waals surface area (Å²) in [4.78, 5) is 23.8. The highest BCUT2D eigenvalue weighted by atomic mass is 32.2. The van der Waals surface area contributed by atoms with Crippen molar-refractivity contribution in [2.75, 3.05) is 5.75 Å². The second kappa shape index (κ2) is 8.30. The van der Waals surface area contributed by atoms with Crippen LogP contribution in [0.2, 0.25) is 0 Å². The summed E-state index contributed by atoms with van der Waals surface area (Å²) in [6.45, 7) is 3.19. The van der Waals surface area contributed by atoms with E-state index in [-0.39, 0.29) is 4.90 Å². The van der Waals surface area contributed by atoms with Crippen LogP contribution >= 0.6 is 0 Å². The van der Waals surface area contributed by atoms with Crippen molar-refractivity contribution in [3.63, 3.8) is 0 Å². The molecule has 2 rings (SSSR count). The zero-order chi connectivity index (χ0) is 20.2. The summed E-state index contributed by atoms with van der Waals surface area (Å²) in [6.07, 6.45) is 0. The van der Waals surface area contributed by atoms with Gasteiger partial charge in [0.1, 0.15) is 5.82 Å². The Labute approximate surface area is 157 Å². The van der Waals surface area contributed by atoms with Gasteiger partial charge in [-0.1, -0.05) is 36.8 Å². The van der Waals surface area contributed by atoms with E-state index in [1.165, 1.54) is 6.92 Å². The Morgan fingerprint density at radius 2 is 1.78 bits per heavy atom. The van der Waals surface area contributed by atoms with Crippen molar-refractivity contribution < 1.29 is 27.5 Å². The third-order valence-electron chi connectivity index (χ3n) is 4.00. The van der Waals surface area contributed by atoms with Gasteiger partial charge in [-0.25, -0.2) is 17.6 Å². The van der Waals surface area contributed by atoms with Gasteiger partial charge in [0.25, 0.3) is 0 Å². The molecule has 8 heteroatoms. The monoisotopic (exact) mass is 393 g/mol. The van der Waals surface area contributed by atoms with Gasteiger partial charge in [-0.2, -0.15) is 0 Å². The third kappa shape index (κ3) is 5.37. The largest absolute Gasteiger partial charge is 0.479 e. The number of carboxylic acid groups (broad SMARTS) is 1. The van der Waals surface area contributed by atoms with Gasteiger partial charge in [-0.15, -0.1) is 0 Å². The van der Waals surface area contributed by atoms with E-state index in [0.29, 0.717) is 5.56 Å². The Balaban J connectivity index is 2.13. The molecule has 2 aromatic rings. The lowest BCUT2D eigenvalue weighted by molar-refractivity contribution is -0.142. The maximum Gasteiger partial charge on any atom is 0.330 e. The summed E-state index contributed by atoms with van der Waals surface area (Å²) in [7, 11) is -3.82. The fourth-order valence-corrected chi connectivity index (χ4v) is 4.12. The van der Waals surface area contributed by atoms with Gasteiger partial charge in [-0.05, 0) is 36.8 Å². The van der Waals surface area contributed by atoms with Crippen molar-refractivity contribution in [3.05, 3.63) is 65.5 Å². The molecule has 2 N–H and O–H groups in total. The summed E-state index contributed by atoms with van der Waals surface area (Å²) in [5.74, 6) is -4.03. The lowest BCUT2D eigenvalue weighted by atomic mass is 10.0. The first-order valence-corrected chi connectivity index (χ1v) is 9.83. The number of carbonyl (C=O) groups excluding carboxylic acids is 1. The number of hydrogen-bond donors (Lipinski definition) is 2. The second-order valence-electron chi connectivity index (χ2n) is 6.33. The highest BCUT2D eigenvalue weighted by Crippen LogP contribution is 2.18. The molecule has 2 unspecified atom stereocenters. The SMILES string of the molecule is Cc1cccc(C(NC(=O)C(C)CS(=O)(=O)c2ccc(F)cc2)C(=O)O)c1. The van der Waals surface area contributed by atoms with Crippen molar-refractivity contribution >= 4 is 21.7 Å². The number of carbonyl (C=O) groups is 2. The molecule has 0 heterocycles. The maximum absolute atomic E-state index is 13.0. The Bertz CT molecular complexity index is 941. The van der Waals surface area contributed by atoms with E-state index in [0.717, 1.165) is 29.8 Å². The number of rotatable bonds is 7. The van der Waals surface area contributed by atoms with Gasteiger partial charge < -0.3 is 10.4 Å². The molecule has 0 aliphatic carbocycles. The van der Waals surface area contributed by atoms with E-state index in [4.69, 9.17) is 0 Å². The molecule has 0 bridgehead atoms. The zero-order valence-electron chi connectivity index (χ0n) is 14.8. The van der Waals surface area contributed by atoms with Crippen molar-refractivity contribution in [2.24, 2.45) is 5.92 Å². The van der Waals surface area contributed by atoms with Crippen LogP contribution in [0.25, 0.3) is 0 Å². The predicted molar refractivity (Wildman–Crippen MR) is 97.3 cm³/mol. The summed E-state index contributed by atoms with van der Waals surface area (Å²) in [5, 5.41) is 11.8. The van der Waals surface area contributed by atoms with Crippen molar-refractivity contribution in [3.8, 4) is 0 Å². The van der Waals surface area contributed by atoms with Crippen LogP contribution in [-0.2, 0) is 19.4 Å². The number of aliphatic carboxylic acids is 1. The predicted octanol–water partition coefficient (Wildman–Crippen LogP) is 2.49. The Hall–Kier alpha value is -2.74. The molecule has 0 aliphatic heterocycles. The molecular formula is C19H20FNO5S. The number of amides is 1. The van der Waals surface area contributed by atoms with Crippen LogP contribution < -0.4 is 5.32 Å². The number of hydrogen-bond acceptors (Lipinski definition) is 4. The molecular weight excluding hydrogens is 373 g/mol. The number of aryl methyl sites for hydroxylation is 1. The minimum atomic E-state index is -3.82. The smallest absolute Gasteiger partial charge is 0.330 e. The highest BCUT2D eigenvalue weighted by molar-refractivity contribution is 7.91. The topological polar surface area (TPSA) is 101 Å². The van der Waals surface area contributed by atoms with Crippen molar-refractivity contribution in [1.29, 1.82) is 0 Å². The standard InChI is InChI=1S/C19H20FNO5S/c1-12-4-3-5-14(10-12)17(19(23)24)21-18(22)13(2)11-27(25,26)16-8-6-15(20)7-9-16/h3-10,13,17H,11H2,1-2H3,(H,21,22)(H,23,24).